The highest BCUT2D eigenvalue weighted by atomic mass is 79.9. The van der Waals surface area contributed by atoms with Crippen LogP contribution in [0.5, 0.6) is 0 Å². The lowest BCUT2D eigenvalue weighted by Crippen LogP contribution is -2.18. The fourth-order valence-corrected chi connectivity index (χ4v) is 2.68. The van der Waals surface area contributed by atoms with Gasteiger partial charge in [-0.2, -0.15) is 5.10 Å². The standard InChI is InChI=1S/C13H15BrClN3/c1-2-18-13(11(14)8-17-18)12(16)7-9-3-5-10(15)6-4-9/h3-6,8,12H,2,7,16H2,1H3. The minimum absolute atomic E-state index is 0.0806. The van der Waals surface area contributed by atoms with Gasteiger partial charge in [0.25, 0.3) is 0 Å². The van der Waals surface area contributed by atoms with E-state index in [4.69, 9.17) is 17.3 Å². The number of aryl methyl sites for hydroxylation is 1. The number of benzene rings is 1. The van der Waals surface area contributed by atoms with E-state index in [1.165, 1.54) is 5.56 Å². The van der Waals surface area contributed by atoms with Crippen LogP contribution in [0.15, 0.2) is 34.9 Å². The van der Waals surface area contributed by atoms with E-state index >= 15 is 0 Å². The monoisotopic (exact) mass is 327 g/mol. The van der Waals surface area contributed by atoms with Crippen LogP contribution in [0.2, 0.25) is 5.02 Å². The number of nitrogens with two attached hydrogens (primary N) is 1. The number of halogens is 2. The second-order valence-electron chi connectivity index (χ2n) is 4.13. The molecule has 96 valence electrons. The normalized spacial score (nSPS) is 12.7. The SMILES string of the molecule is CCn1ncc(Br)c1C(N)Cc1ccc(Cl)cc1. The van der Waals surface area contributed by atoms with Gasteiger partial charge >= 0.3 is 0 Å². The smallest absolute Gasteiger partial charge is 0.0696 e. The first-order valence-electron chi connectivity index (χ1n) is 5.83. The van der Waals surface area contributed by atoms with E-state index in [0.717, 1.165) is 28.2 Å². The largest absolute Gasteiger partial charge is 0.322 e. The molecule has 1 atom stereocenters. The fourth-order valence-electron chi connectivity index (χ4n) is 1.96. The zero-order chi connectivity index (χ0) is 13.1. The number of hydrogen-bond donors (Lipinski definition) is 1. The summed E-state index contributed by atoms with van der Waals surface area (Å²) in [5, 5.41) is 5.02. The molecule has 1 unspecified atom stereocenters. The molecule has 0 fully saturated rings. The van der Waals surface area contributed by atoms with E-state index < -0.39 is 0 Å². The van der Waals surface area contributed by atoms with Gasteiger partial charge in [0.15, 0.2) is 0 Å². The molecule has 0 spiro atoms. The Morgan fingerprint density at radius 3 is 2.67 bits per heavy atom. The fraction of sp³-hybridized carbons (Fsp3) is 0.308. The van der Waals surface area contributed by atoms with Gasteiger partial charge in [-0.25, -0.2) is 0 Å². The summed E-state index contributed by atoms with van der Waals surface area (Å²) in [6.07, 6.45) is 2.56. The Bertz CT molecular complexity index is 522. The quantitative estimate of drug-likeness (QED) is 0.932. The molecule has 0 radical (unpaired) electrons. The first kappa shape index (κ1) is 13.6. The average Bonchev–Trinajstić information content (AvgIpc) is 2.73. The molecular formula is C13H15BrClN3. The molecule has 1 heterocycles. The van der Waals surface area contributed by atoms with E-state index in [9.17, 15) is 0 Å². The van der Waals surface area contributed by atoms with Crippen molar-refractivity contribution in [1.29, 1.82) is 0 Å². The molecule has 0 aliphatic rings. The van der Waals surface area contributed by atoms with Crippen molar-refractivity contribution in [2.24, 2.45) is 5.73 Å². The molecule has 0 aliphatic heterocycles. The van der Waals surface area contributed by atoms with Gasteiger partial charge in [0.1, 0.15) is 0 Å². The molecule has 18 heavy (non-hydrogen) atoms. The van der Waals surface area contributed by atoms with Crippen LogP contribution in [0.4, 0.5) is 0 Å². The van der Waals surface area contributed by atoms with Crippen LogP contribution >= 0.6 is 27.5 Å². The molecule has 1 aromatic carbocycles. The van der Waals surface area contributed by atoms with Crippen molar-refractivity contribution in [1.82, 2.24) is 9.78 Å². The highest BCUT2D eigenvalue weighted by Crippen LogP contribution is 2.24. The zero-order valence-electron chi connectivity index (χ0n) is 10.1. The maximum atomic E-state index is 6.26. The van der Waals surface area contributed by atoms with Crippen LogP contribution in [0, 0.1) is 0 Å². The van der Waals surface area contributed by atoms with Gasteiger partial charge < -0.3 is 5.73 Å². The van der Waals surface area contributed by atoms with E-state index in [1.807, 2.05) is 28.9 Å². The summed E-state index contributed by atoms with van der Waals surface area (Å²) in [7, 11) is 0. The van der Waals surface area contributed by atoms with Crippen LogP contribution in [-0.2, 0) is 13.0 Å². The number of rotatable bonds is 4. The van der Waals surface area contributed by atoms with Gasteiger partial charge in [-0.3, -0.25) is 4.68 Å². The van der Waals surface area contributed by atoms with E-state index in [-0.39, 0.29) is 6.04 Å². The molecule has 1 aromatic heterocycles. The van der Waals surface area contributed by atoms with Gasteiger partial charge in [0.2, 0.25) is 0 Å². The van der Waals surface area contributed by atoms with Crippen molar-refractivity contribution >= 4 is 27.5 Å². The summed E-state index contributed by atoms with van der Waals surface area (Å²) in [5.41, 5.74) is 8.47. The molecule has 2 rings (SSSR count). The highest BCUT2D eigenvalue weighted by molar-refractivity contribution is 9.10. The van der Waals surface area contributed by atoms with Crippen molar-refractivity contribution in [3.05, 3.63) is 51.2 Å². The lowest BCUT2D eigenvalue weighted by atomic mass is 10.0. The summed E-state index contributed by atoms with van der Waals surface area (Å²) >= 11 is 9.37. The summed E-state index contributed by atoms with van der Waals surface area (Å²) in [6, 6.07) is 7.69. The second kappa shape index (κ2) is 5.87. The molecule has 0 saturated carbocycles. The van der Waals surface area contributed by atoms with Crippen LogP contribution in [0.1, 0.15) is 24.2 Å². The summed E-state index contributed by atoms with van der Waals surface area (Å²) in [6.45, 7) is 2.87. The van der Waals surface area contributed by atoms with Crippen LogP contribution in [0.25, 0.3) is 0 Å². The molecule has 2 N–H and O–H groups in total. The van der Waals surface area contributed by atoms with Crippen LogP contribution in [0.3, 0.4) is 0 Å². The lowest BCUT2D eigenvalue weighted by molar-refractivity contribution is 0.567. The number of aromatic nitrogens is 2. The highest BCUT2D eigenvalue weighted by Gasteiger charge is 2.16. The predicted octanol–water partition coefficient (Wildman–Crippen LogP) is 3.56. The molecular weight excluding hydrogens is 314 g/mol. The zero-order valence-corrected chi connectivity index (χ0v) is 12.4. The van der Waals surface area contributed by atoms with Crippen molar-refractivity contribution in [2.75, 3.05) is 0 Å². The van der Waals surface area contributed by atoms with Crippen LogP contribution in [-0.4, -0.2) is 9.78 Å². The summed E-state index contributed by atoms with van der Waals surface area (Å²) in [5.74, 6) is 0. The van der Waals surface area contributed by atoms with Gasteiger partial charge in [-0.15, -0.1) is 0 Å². The predicted molar refractivity (Wildman–Crippen MR) is 77.7 cm³/mol. The summed E-state index contributed by atoms with van der Waals surface area (Å²) in [4.78, 5) is 0. The molecule has 3 nitrogen and oxygen atoms in total. The van der Waals surface area contributed by atoms with Gasteiger partial charge in [0, 0.05) is 11.6 Å². The Hall–Kier alpha value is -0.840. The topological polar surface area (TPSA) is 43.8 Å². The van der Waals surface area contributed by atoms with Crippen molar-refractivity contribution < 1.29 is 0 Å². The van der Waals surface area contributed by atoms with Gasteiger partial charge in [0.05, 0.1) is 22.4 Å². The van der Waals surface area contributed by atoms with E-state index in [2.05, 4.69) is 28.0 Å². The van der Waals surface area contributed by atoms with Crippen molar-refractivity contribution in [2.45, 2.75) is 25.9 Å². The third-order valence-corrected chi connectivity index (χ3v) is 3.72. The van der Waals surface area contributed by atoms with Crippen LogP contribution < -0.4 is 5.73 Å². The Kier molecular flexibility index (Phi) is 4.43. The Labute approximate surface area is 120 Å². The second-order valence-corrected chi connectivity index (χ2v) is 5.42. The molecule has 0 bridgehead atoms. The minimum atomic E-state index is -0.0806. The average molecular weight is 329 g/mol. The first-order valence-corrected chi connectivity index (χ1v) is 7.00. The molecule has 0 aliphatic carbocycles. The molecule has 0 saturated heterocycles. The molecule has 5 heteroatoms. The Morgan fingerprint density at radius 2 is 2.06 bits per heavy atom. The molecule has 2 aromatic rings. The minimum Gasteiger partial charge on any atom is -0.322 e. The maximum Gasteiger partial charge on any atom is 0.0696 e. The van der Waals surface area contributed by atoms with Crippen molar-refractivity contribution in [3.63, 3.8) is 0 Å². The van der Waals surface area contributed by atoms with E-state index in [1.54, 1.807) is 6.20 Å². The lowest BCUT2D eigenvalue weighted by Gasteiger charge is -2.14. The van der Waals surface area contributed by atoms with E-state index in [0.29, 0.717) is 0 Å². The first-order chi connectivity index (χ1) is 8.61. The van der Waals surface area contributed by atoms with Crippen molar-refractivity contribution in [3.8, 4) is 0 Å². The van der Waals surface area contributed by atoms with Gasteiger partial charge in [-0.1, -0.05) is 23.7 Å². The van der Waals surface area contributed by atoms with Gasteiger partial charge in [-0.05, 0) is 47.0 Å². The molecule has 0 amide bonds. The number of hydrogen-bond acceptors (Lipinski definition) is 2. The number of nitrogens with zero attached hydrogens (tertiary/aromatic N) is 2. The Morgan fingerprint density at radius 1 is 1.39 bits per heavy atom. The maximum absolute atomic E-state index is 6.26. The third-order valence-electron chi connectivity index (χ3n) is 2.85. The summed E-state index contributed by atoms with van der Waals surface area (Å²) < 4.78 is 2.89. The third kappa shape index (κ3) is 2.94. The Balaban J connectivity index is 2.18.